The average molecular weight is 539 g/mol. The summed E-state index contributed by atoms with van der Waals surface area (Å²) in [6, 6.07) is 8.57. The summed E-state index contributed by atoms with van der Waals surface area (Å²) in [5, 5.41) is 4.65. The molecule has 1 amide bonds. The first-order valence-electron chi connectivity index (χ1n) is 13.2. The molecule has 2 N–H and O–H groups in total. The maximum Gasteiger partial charge on any atom is 1.00 e. The third-order valence-corrected chi connectivity index (χ3v) is 6.16. The quantitative estimate of drug-likeness (QED) is 0.473. The number of carbonyl (C=O) groups is 1. The van der Waals surface area contributed by atoms with Gasteiger partial charge in [0.1, 0.15) is 0 Å². The molecule has 0 aromatic heterocycles. The van der Waals surface area contributed by atoms with E-state index in [4.69, 9.17) is 14.2 Å². The molecule has 7 heteroatoms. The van der Waals surface area contributed by atoms with Crippen molar-refractivity contribution in [3.05, 3.63) is 40.7 Å². The summed E-state index contributed by atoms with van der Waals surface area (Å²) < 4.78 is 16.9. The van der Waals surface area contributed by atoms with Crippen molar-refractivity contribution in [1.82, 2.24) is 0 Å². The van der Waals surface area contributed by atoms with Gasteiger partial charge in [-0.1, -0.05) is 71.6 Å². The van der Waals surface area contributed by atoms with E-state index in [2.05, 4.69) is 63.0 Å². The van der Waals surface area contributed by atoms with Crippen molar-refractivity contribution in [2.75, 3.05) is 27.9 Å². The molecule has 0 bridgehead atoms. The van der Waals surface area contributed by atoms with Crippen LogP contribution in [-0.2, 0) is 17.6 Å². The van der Waals surface area contributed by atoms with Gasteiger partial charge in [0.25, 0.3) is 0 Å². The first kappa shape index (κ1) is 35.7. The number of carbonyl (C=O) groups excluding carboxylic acids is 1. The SMILES string of the molecule is CC(N)=O.CCCC(C)CC.CCC[N-]c1ccc2c(c1)CCCc1cc(OC)c(OC)c(OC)c1-2.[K+]. The molecular formula is C30H47KN2O4. The molecule has 0 fully saturated rings. The van der Waals surface area contributed by atoms with Gasteiger partial charge in [0, 0.05) is 12.5 Å². The Bertz CT molecular complexity index is 946. The van der Waals surface area contributed by atoms with E-state index in [0.29, 0.717) is 5.75 Å². The molecule has 6 nitrogen and oxygen atoms in total. The zero-order valence-electron chi connectivity index (χ0n) is 24.7. The minimum atomic E-state index is -0.333. The molecule has 0 radical (unpaired) electrons. The van der Waals surface area contributed by atoms with Gasteiger partial charge in [-0.3, -0.25) is 4.79 Å². The minimum absolute atomic E-state index is 0. The number of aryl methyl sites for hydroxylation is 2. The minimum Gasteiger partial charge on any atom is -0.684 e. The van der Waals surface area contributed by atoms with Crippen LogP contribution in [-0.4, -0.2) is 33.8 Å². The molecule has 0 heterocycles. The summed E-state index contributed by atoms with van der Waals surface area (Å²) in [6.07, 6.45) is 8.26. The number of nitrogens with two attached hydrogens (primary N) is 1. The number of amides is 1. The van der Waals surface area contributed by atoms with Gasteiger partial charge < -0.3 is 25.3 Å². The Morgan fingerprint density at radius 2 is 1.59 bits per heavy atom. The van der Waals surface area contributed by atoms with Crippen molar-refractivity contribution in [2.24, 2.45) is 11.7 Å². The smallest absolute Gasteiger partial charge is 0.684 e. The van der Waals surface area contributed by atoms with Gasteiger partial charge in [0.05, 0.1) is 21.3 Å². The van der Waals surface area contributed by atoms with Crippen LogP contribution in [0.5, 0.6) is 17.2 Å². The zero-order valence-corrected chi connectivity index (χ0v) is 27.8. The molecule has 0 spiro atoms. The third-order valence-electron chi connectivity index (χ3n) is 6.16. The maximum atomic E-state index is 9.22. The number of ether oxygens (including phenoxy) is 3. The molecule has 0 saturated carbocycles. The summed E-state index contributed by atoms with van der Waals surface area (Å²) in [5.41, 5.74) is 10.4. The van der Waals surface area contributed by atoms with Crippen LogP contribution in [0.25, 0.3) is 16.4 Å². The van der Waals surface area contributed by atoms with E-state index in [1.807, 2.05) is 0 Å². The van der Waals surface area contributed by atoms with Crippen LogP contribution in [0.15, 0.2) is 24.3 Å². The van der Waals surface area contributed by atoms with Gasteiger partial charge >= 0.3 is 51.4 Å². The number of hydrogen-bond donors (Lipinski definition) is 1. The van der Waals surface area contributed by atoms with Gasteiger partial charge in [-0.25, -0.2) is 0 Å². The number of nitrogens with zero attached hydrogens (tertiary/aromatic N) is 1. The zero-order chi connectivity index (χ0) is 27.1. The molecular weight excluding hydrogens is 491 g/mol. The number of fused-ring (bicyclic) bond motifs is 3. The first-order valence-corrected chi connectivity index (χ1v) is 13.2. The van der Waals surface area contributed by atoms with E-state index < -0.39 is 0 Å². The fourth-order valence-corrected chi connectivity index (χ4v) is 4.24. The van der Waals surface area contributed by atoms with E-state index in [1.54, 1.807) is 21.3 Å². The van der Waals surface area contributed by atoms with Crippen molar-refractivity contribution in [3.8, 4) is 28.4 Å². The second-order valence-corrected chi connectivity index (χ2v) is 9.17. The summed E-state index contributed by atoms with van der Waals surface area (Å²) in [7, 11) is 5.00. The van der Waals surface area contributed by atoms with E-state index in [1.165, 1.54) is 42.9 Å². The van der Waals surface area contributed by atoms with Gasteiger partial charge in [0.15, 0.2) is 11.5 Å². The van der Waals surface area contributed by atoms with Crippen LogP contribution in [0.2, 0.25) is 0 Å². The Morgan fingerprint density at radius 3 is 2.08 bits per heavy atom. The van der Waals surface area contributed by atoms with E-state index in [0.717, 1.165) is 60.9 Å². The molecule has 1 aliphatic rings. The predicted octanol–water partition coefficient (Wildman–Crippen LogP) is 4.61. The third kappa shape index (κ3) is 11.6. The van der Waals surface area contributed by atoms with Crippen molar-refractivity contribution in [3.63, 3.8) is 0 Å². The number of rotatable bonds is 9. The van der Waals surface area contributed by atoms with Gasteiger partial charge in [-0.05, 0) is 47.9 Å². The number of primary amides is 1. The topological polar surface area (TPSA) is 84.9 Å². The predicted molar refractivity (Wildman–Crippen MR) is 151 cm³/mol. The first-order chi connectivity index (χ1) is 17.3. The normalized spacial score (nSPS) is 11.9. The summed E-state index contributed by atoms with van der Waals surface area (Å²) in [4.78, 5) is 9.22. The molecule has 2 aromatic carbocycles. The van der Waals surface area contributed by atoms with Gasteiger partial charge in [-0.2, -0.15) is 0 Å². The average Bonchev–Trinajstić information content (AvgIpc) is 3.04. The Kier molecular flexibility index (Phi) is 19.1. The Hall–Kier alpha value is -1.25. The molecule has 37 heavy (non-hydrogen) atoms. The van der Waals surface area contributed by atoms with Crippen molar-refractivity contribution in [2.45, 2.75) is 79.6 Å². The van der Waals surface area contributed by atoms with Crippen LogP contribution >= 0.6 is 0 Å². The number of hydrogen-bond acceptors (Lipinski definition) is 4. The fourth-order valence-electron chi connectivity index (χ4n) is 4.24. The van der Waals surface area contributed by atoms with Crippen LogP contribution in [0.1, 0.15) is 77.8 Å². The standard InChI is InChI=1S/C21H26NO3.C7H16.C2H5NO.K/c1-5-11-22-16-9-10-17-14(12-16)7-6-8-15-13-18(23-2)20(24-3)21(25-4)19(15)17;1-4-6-7(3)5-2;1-2(3)4;/h9-10,12-13H,5-8,11H2,1-4H3;7H,4-6H2,1-3H3;1H3,(H2,3,4);/q-1;;;+1. The summed E-state index contributed by atoms with van der Waals surface area (Å²) in [6.45, 7) is 11.1. The molecule has 1 aliphatic carbocycles. The molecule has 2 aromatic rings. The molecule has 0 saturated heterocycles. The Balaban J connectivity index is 0.000000915. The second kappa shape index (κ2) is 19.8. The number of benzene rings is 2. The second-order valence-electron chi connectivity index (χ2n) is 9.17. The largest absolute Gasteiger partial charge is 1.00 e. The molecule has 3 rings (SSSR count). The van der Waals surface area contributed by atoms with Crippen LogP contribution in [0.4, 0.5) is 5.69 Å². The number of methoxy groups -OCH3 is 3. The van der Waals surface area contributed by atoms with Crippen LogP contribution in [0, 0.1) is 5.92 Å². The molecule has 1 unspecified atom stereocenters. The van der Waals surface area contributed by atoms with E-state index in [9.17, 15) is 4.79 Å². The molecule has 1 atom stereocenters. The fraction of sp³-hybridized carbons (Fsp3) is 0.567. The van der Waals surface area contributed by atoms with Gasteiger partial charge in [0.2, 0.25) is 11.7 Å². The van der Waals surface area contributed by atoms with Crippen molar-refractivity contribution >= 4 is 11.6 Å². The maximum absolute atomic E-state index is 9.22. The summed E-state index contributed by atoms with van der Waals surface area (Å²) >= 11 is 0. The van der Waals surface area contributed by atoms with Crippen LogP contribution < -0.4 is 71.3 Å². The monoisotopic (exact) mass is 538 g/mol. The molecule has 0 aliphatic heterocycles. The van der Waals surface area contributed by atoms with Crippen molar-refractivity contribution < 1.29 is 70.4 Å². The van der Waals surface area contributed by atoms with E-state index in [-0.39, 0.29) is 57.3 Å². The van der Waals surface area contributed by atoms with Crippen LogP contribution in [0.3, 0.4) is 0 Å². The molecule has 202 valence electrons. The Morgan fingerprint density at radius 1 is 0.973 bits per heavy atom. The summed E-state index contributed by atoms with van der Waals surface area (Å²) in [5.74, 6) is 2.73. The van der Waals surface area contributed by atoms with Gasteiger partial charge in [-0.15, -0.1) is 12.2 Å². The van der Waals surface area contributed by atoms with E-state index >= 15 is 0 Å². The Labute approximate surface area is 267 Å². The van der Waals surface area contributed by atoms with Crippen molar-refractivity contribution in [1.29, 1.82) is 0 Å².